The molecule has 4 rings (SSSR count). The van der Waals surface area contributed by atoms with Gasteiger partial charge in [0.2, 0.25) is 0 Å². The first-order valence-electron chi connectivity index (χ1n) is 7.93. The molecule has 1 N–H and O–H groups in total. The van der Waals surface area contributed by atoms with E-state index in [2.05, 4.69) is 30.1 Å². The average Bonchev–Trinajstić information content (AvgIpc) is 2.99. The van der Waals surface area contributed by atoms with Crippen LogP contribution in [0, 0.1) is 0 Å². The maximum Gasteiger partial charge on any atom is 0.120 e. The number of benzene rings is 3. The van der Waals surface area contributed by atoms with Crippen molar-refractivity contribution in [2.45, 2.75) is 13.1 Å². The van der Waals surface area contributed by atoms with Crippen LogP contribution >= 0.6 is 11.3 Å². The summed E-state index contributed by atoms with van der Waals surface area (Å²) in [6.07, 6.45) is 0. The predicted molar refractivity (Wildman–Crippen MR) is 100 cm³/mol. The molecule has 0 atom stereocenters. The van der Waals surface area contributed by atoms with E-state index in [0.717, 1.165) is 33.4 Å². The molecule has 120 valence electrons. The highest BCUT2D eigenvalue weighted by molar-refractivity contribution is 7.18. The molecule has 1 aromatic heterocycles. The fraction of sp³-hybridized carbons (Fsp3) is 0.150. The Morgan fingerprint density at radius 3 is 2.62 bits per heavy atom. The largest absolute Gasteiger partial charge is 0.508 e. The van der Waals surface area contributed by atoms with E-state index in [-0.39, 0.29) is 0 Å². The lowest BCUT2D eigenvalue weighted by Gasteiger charge is -2.17. The van der Waals surface area contributed by atoms with E-state index in [1.54, 1.807) is 17.4 Å². The monoisotopic (exact) mass is 334 g/mol. The zero-order valence-corrected chi connectivity index (χ0v) is 14.3. The molecular weight excluding hydrogens is 316 g/mol. The minimum atomic E-state index is 0.352. The van der Waals surface area contributed by atoms with Gasteiger partial charge in [-0.15, -0.1) is 11.3 Å². The Morgan fingerprint density at radius 1 is 0.958 bits per heavy atom. The summed E-state index contributed by atoms with van der Waals surface area (Å²) >= 11 is 1.73. The second-order valence-corrected chi connectivity index (χ2v) is 7.15. The third-order valence-corrected chi connectivity index (χ3v) is 5.21. The minimum absolute atomic E-state index is 0.352. The third-order valence-electron chi connectivity index (χ3n) is 4.19. The van der Waals surface area contributed by atoms with Crippen LogP contribution in [0.25, 0.3) is 21.0 Å². The molecule has 0 aliphatic carbocycles. The number of fused-ring (bicyclic) bond motifs is 2. The Balaban J connectivity index is 1.60. The fourth-order valence-electron chi connectivity index (χ4n) is 3.03. The Kier molecular flexibility index (Phi) is 3.92. The molecule has 4 heteroatoms. The van der Waals surface area contributed by atoms with Crippen molar-refractivity contribution in [2.75, 3.05) is 7.05 Å². The maximum absolute atomic E-state index is 10.3. The summed E-state index contributed by atoms with van der Waals surface area (Å²) in [6.45, 7) is 1.45. The summed E-state index contributed by atoms with van der Waals surface area (Å²) in [5.41, 5.74) is 2.02. The van der Waals surface area contributed by atoms with Crippen molar-refractivity contribution in [1.29, 1.82) is 0 Å². The number of hydrogen-bond acceptors (Lipinski definition) is 4. The summed E-state index contributed by atoms with van der Waals surface area (Å²) in [7, 11) is 2.06. The van der Waals surface area contributed by atoms with Gasteiger partial charge in [-0.3, -0.25) is 4.90 Å². The Bertz CT molecular complexity index is 976. The fourth-order valence-corrected chi connectivity index (χ4v) is 4.08. The van der Waals surface area contributed by atoms with Crippen LogP contribution in [-0.4, -0.2) is 22.0 Å². The molecule has 0 fully saturated rings. The van der Waals surface area contributed by atoms with Crippen LogP contribution in [0.1, 0.15) is 10.6 Å². The SMILES string of the molecule is CN(Cc1nc2ccccc2s1)Cc1c(O)ccc2ccccc12. The van der Waals surface area contributed by atoms with E-state index < -0.39 is 0 Å². The number of nitrogens with zero attached hydrogens (tertiary/aromatic N) is 2. The number of rotatable bonds is 4. The van der Waals surface area contributed by atoms with Crippen molar-refractivity contribution in [3.8, 4) is 5.75 Å². The standard InChI is InChI=1S/C20H18N2OS/c1-22(13-20-21-17-8-4-5-9-19(17)24-20)12-16-15-7-3-2-6-14(15)10-11-18(16)23/h2-11,23H,12-13H2,1H3. The van der Waals surface area contributed by atoms with Crippen LogP contribution in [0.2, 0.25) is 0 Å². The van der Waals surface area contributed by atoms with E-state index in [4.69, 9.17) is 4.98 Å². The molecule has 0 aliphatic rings. The van der Waals surface area contributed by atoms with Crippen molar-refractivity contribution in [3.63, 3.8) is 0 Å². The first-order chi connectivity index (χ1) is 11.7. The Hall–Kier alpha value is -2.43. The smallest absolute Gasteiger partial charge is 0.120 e. The highest BCUT2D eigenvalue weighted by Gasteiger charge is 2.12. The molecule has 0 amide bonds. The Labute approximate surface area is 144 Å². The van der Waals surface area contributed by atoms with Crippen LogP contribution in [0.5, 0.6) is 5.75 Å². The highest BCUT2D eigenvalue weighted by atomic mass is 32.1. The molecule has 0 radical (unpaired) electrons. The van der Waals surface area contributed by atoms with Gasteiger partial charge in [0.25, 0.3) is 0 Å². The Morgan fingerprint density at radius 2 is 1.75 bits per heavy atom. The van der Waals surface area contributed by atoms with Gasteiger partial charge in [0, 0.05) is 12.1 Å². The second kappa shape index (κ2) is 6.23. The summed E-state index contributed by atoms with van der Waals surface area (Å²) in [4.78, 5) is 6.89. The molecular formula is C20H18N2OS. The molecule has 1 heterocycles. The van der Waals surface area contributed by atoms with E-state index >= 15 is 0 Å². The lowest BCUT2D eigenvalue weighted by atomic mass is 10.0. The number of hydrogen-bond donors (Lipinski definition) is 1. The normalized spacial score (nSPS) is 11.6. The van der Waals surface area contributed by atoms with Gasteiger partial charge in [-0.25, -0.2) is 4.98 Å². The number of phenols is 1. The summed E-state index contributed by atoms with van der Waals surface area (Å²) < 4.78 is 1.22. The zero-order valence-electron chi connectivity index (χ0n) is 13.4. The van der Waals surface area contributed by atoms with E-state index in [0.29, 0.717) is 12.3 Å². The molecule has 0 aliphatic heterocycles. The molecule has 24 heavy (non-hydrogen) atoms. The van der Waals surface area contributed by atoms with Crippen LogP contribution in [0.3, 0.4) is 0 Å². The zero-order chi connectivity index (χ0) is 16.5. The predicted octanol–water partition coefficient (Wildman–Crippen LogP) is 4.79. The van der Waals surface area contributed by atoms with Gasteiger partial charge >= 0.3 is 0 Å². The number of aromatic nitrogens is 1. The first-order valence-corrected chi connectivity index (χ1v) is 8.75. The van der Waals surface area contributed by atoms with Gasteiger partial charge in [0.15, 0.2) is 0 Å². The van der Waals surface area contributed by atoms with Crippen molar-refractivity contribution >= 4 is 32.3 Å². The molecule has 0 bridgehead atoms. The molecule has 0 unspecified atom stereocenters. The van der Waals surface area contributed by atoms with Gasteiger partial charge in [0.1, 0.15) is 10.8 Å². The quantitative estimate of drug-likeness (QED) is 0.583. The van der Waals surface area contributed by atoms with Gasteiger partial charge in [0.05, 0.1) is 16.8 Å². The molecule has 3 aromatic carbocycles. The van der Waals surface area contributed by atoms with Crippen molar-refractivity contribution in [3.05, 3.63) is 71.2 Å². The van der Waals surface area contributed by atoms with E-state index in [1.807, 2.05) is 36.4 Å². The van der Waals surface area contributed by atoms with Crippen LogP contribution in [0.15, 0.2) is 60.7 Å². The summed E-state index contributed by atoms with van der Waals surface area (Å²) in [5.74, 6) is 0.352. The van der Waals surface area contributed by atoms with E-state index in [1.165, 1.54) is 4.70 Å². The van der Waals surface area contributed by atoms with Gasteiger partial charge < -0.3 is 5.11 Å². The number of aromatic hydroxyl groups is 1. The minimum Gasteiger partial charge on any atom is -0.508 e. The number of para-hydroxylation sites is 1. The van der Waals surface area contributed by atoms with Gasteiger partial charge in [-0.2, -0.15) is 0 Å². The average molecular weight is 334 g/mol. The number of phenolic OH excluding ortho intramolecular Hbond substituents is 1. The third kappa shape index (κ3) is 2.86. The van der Waals surface area contributed by atoms with E-state index in [9.17, 15) is 5.11 Å². The number of thiazole rings is 1. The van der Waals surface area contributed by atoms with Crippen molar-refractivity contribution in [2.24, 2.45) is 0 Å². The molecule has 0 saturated heterocycles. The highest BCUT2D eigenvalue weighted by Crippen LogP contribution is 2.29. The second-order valence-electron chi connectivity index (χ2n) is 6.03. The lowest BCUT2D eigenvalue weighted by molar-refractivity contribution is 0.314. The van der Waals surface area contributed by atoms with Crippen LogP contribution < -0.4 is 0 Å². The van der Waals surface area contributed by atoms with Crippen molar-refractivity contribution in [1.82, 2.24) is 9.88 Å². The lowest BCUT2D eigenvalue weighted by Crippen LogP contribution is -2.17. The molecule has 0 saturated carbocycles. The molecule has 4 aromatic rings. The molecule has 0 spiro atoms. The molecule has 3 nitrogen and oxygen atoms in total. The summed E-state index contributed by atoms with van der Waals surface area (Å²) in [6, 6.07) is 20.1. The van der Waals surface area contributed by atoms with Crippen LogP contribution in [-0.2, 0) is 13.1 Å². The summed E-state index contributed by atoms with van der Waals surface area (Å²) in [5, 5.41) is 13.7. The topological polar surface area (TPSA) is 36.4 Å². The maximum atomic E-state index is 10.3. The van der Waals surface area contributed by atoms with Crippen molar-refractivity contribution < 1.29 is 5.11 Å². The van der Waals surface area contributed by atoms with Gasteiger partial charge in [-0.1, -0.05) is 42.5 Å². The first kappa shape index (κ1) is 15.1. The van der Waals surface area contributed by atoms with Gasteiger partial charge in [-0.05, 0) is 36.0 Å². The van der Waals surface area contributed by atoms with Crippen LogP contribution in [0.4, 0.5) is 0 Å².